The number of hydrogen-bond acceptors (Lipinski definition) is 1. The summed E-state index contributed by atoms with van der Waals surface area (Å²) in [4.78, 5) is 0. The molecule has 2 heteroatoms. The molecule has 0 heterocycles. The number of hydrogen-bond donors (Lipinski definition) is 0. The van der Waals surface area contributed by atoms with Crippen molar-refractivity contribution >= 4 is 0 Å². The first-order valence-corrected chi connectivity index (χ1v) is 2.35. The number of rotatable bonds is 4. The second-order valence-electron chi connectivity index (χ2n) is 1.13. The van der Waals surface area contributed by atoms with Crippen molar-refractivity contribution in [1.82, 2.24) is 0 Å². The Bertz CT molecular complexity index is 78.6. The highest BCUT2D eigenvalue weighted by atomic mass is 19.1. The minimum Gasteiger partial charge on any atom is -0.498 e. The van der Waals surface area contributed by atoms with Crippen LogP contribution in [0.25, 0.3) is 0 Å². The fraction of sp³-hybridized carbons (Fsp3) is 0.333. The van der Waals surface area contributed by atoms with Gasteiger partial charge in [-0.25, -0.2) is 4.39 Å². The van der Waals surface area contributed by atoms with Crippen molar-refractivity contribution in [3.63, 3.8) is 0 Å². The van der Waals surface area contributed by atoms with Crippen LogP contribution >= 0.6 is 0 Å². The normalized spacial score (nSPS) is 9.62. The van der Waals surface area contributed by atoms with Gasteiger partial charge in [-0.3, -0.25) is 0 Å². The minimum absolute atomic E-state index is 0.410. The van der Waals surface area contributed by atoms with Gasteiger partial charge in [0.25, 0.3) is 0 Å². The molecule has 46 valence electrons. The molecular weight excluding hydrogens is 107 g/mol. The van der Waals surface area contributed by atoms with E-state index in [0.29, 0.717) is 6.61 Å². The van der Waals surface area contributed by atoms with E-state index >= 15 is 0 Å². The van der Waals surface area contributed by atoms with Crippen molar-refractivity contribution < 1.29 is 9.13 Å². The van der Waals surface area contributed by atoms with E-state index in [1.54, 1.807) is 6.08 Å². The Labute approximate surface area is 48.5 Å². The summed E-state index contributed by atoms with van der Waals surface area (Å²) >= 11 is 0. The van der Waals surface area contributed by atoms with Gasteiger partial charge in [-0.1, -0.05) is 12.7 Å². The van der Waals surface area contributed by atoms with E-state index < -0.39 is 6.67 Å². The zero-order chi connectivity index (χ0) is 6.24. The van der Waals surface area contributed by atoms with E-state index in [2.05, 4.69) is 11.3 Å². The lowest BCUT2D eigenvalue weighted by Crippen LogP contribution is -1.78. The number of allylic oxidation sites excluding steroid dienone is 1. The summed E-state index contributed by atoms with van der Waals surface area (Å²) in [6, 6.07) is 0. The molecule has 0 rings (SSSR count). The van der Waals surface area contributed by atoms with Crippen LogP contribution in [0.2, 0.25) is 0 Å². The molecule has 0 fully saturated rings. The van der Waals surface area contributed by atoms with Crippen LogP contribution in [-0.2, 0) is 4.74 Å². The molecule has 0 N–H and O–H groups in total. The van der Waals surface area contributed by atoms with Crippen LogP contribution in [0.4, 0.5) is 4.39 Å². The van der Waals surface area contributed by atoms with Crippen LogP contribution in [0.15, 0.2) is 25.0 Å². The van der Waals surface area contributed by atoms with Gasteiger partial charge in [0.1, 0.15) is 13.3 Å². The summed E-state index contributed by atoms with van der Waals surface area (Å²) in [5.74, 6) is 0. The quantitative estimate of drug-likeness (QED) is 0.308. The molecule has 0 radical (unpaired) electrons. The van der Waals surface area contributed by atoms with Crippen molar-refractivity contribution in [3.05, 3.63) is 25.0 Å². The maximum absolute atomic E-state index is 11.3. The Morgan fingerprint density at radius 2 is 2.25 bits per heavy atom. The van der Waals surface area contributed by atoms with Gasteiger partial charge in [-0.2, -0.15) is 0 Å². The molecule has 0 aromatic rings. The molecule has 0 bridgehead atoms. The molecule has 0 aromatic carbocycles. The summed E-state index contributed by atoms with van der Waals surface area (Å²) in [6.45, 7) is 3.29. The first kappa shape index (κ1) is 7.21. The lowest BCUT2D eigenvalue weighted by molar-refractivity contribution is 0.290. The third kappa shape index (κ3) is 5.21. The summed E-state index contributed by atoms with van der Waals surface area (Å²) in [6.07, 6.45) is 4.31. The molecule has 0 unspecified atom stereocenters. The van der Waals surface area contributed by atoms with E-state index in [-0.39, 0.29) is 0 Å². The largest absolute Gasteiger partial charge is 0.498 e. The Morgan fingerprint density at radius 3 is 2.75 bits per heavy atom. The molecule has 0 aliphatic carbocycles. The smallest absolute Gasteiger partial charge is 0.108 e. The third-order valence-corrected chi connectivity index (χ3v) is 0.566. The zero-order valence-corrected chi connectivity index (χ0v) is 4.64. The van der Waals surface area contributed by atoms with Gasteiger partial charge in [0.15, 0.2) is 0 Å². The Kier molecular flexibility index (Phi) is 5.60. The van der Waals surface area contributed by atoms with Gasteiger partial charge in [-0.05, 0) is 6.08 Å². The molecule has 0 spiro atoms. The van der Waals surface area contributed by atoms with Crippen molar-refractivity contribution in [2.24, 2.45) is 0 Å². The van der Waals surface area contributed by atoms with E-state index in [9.17, 15) is 4.39 Å². The molecule has 1 nitrogen and oxygen atoms in total. The van der Waals surface area contributed by atoms with Crippen LogP contribution in [0, 0.1) is 0 Å². The Hall–Kier alpha value is -0.790. The van der Waals surface area contributed by atoms with Gasteiger partial charge in [0.2, 0.25) is 0 Å². The summed E-state index contributed by atoms with van der Waals surface area (Å²) in [7, 11) is 0. The summed E-state index contributed by atoms with van der Waals surface area (Å²) < 4.78 is 15.9. The predicted octanol–water partition coefficient (Wildman–Crippen LogP) is 1.67. The Balaban J connectivity index is 2.90. The summed E-state index contributed by atoms with van der Waals surface area (Å²) in [5, 5.41) is 0. The van der Waals surface area contributed by atoms with Crippen molar-refractivity contribution in [3.8, 4) is 0 Å². The van der Waals surface area contributed by atoms with Crippen LogP contribution < -0.4 is 0 Å². The molecule has 0 saturated carbocycles. The van der Waals surface area contributed by atoms with Crippen LogP contribution in [0.3, 0.4) is 0 Å². The van der Waals surface area contributed by atoms with Gasteiger partial charge < -0.3 is 4.74 Å². The number of alkyl halides is 1. The zero-order valence-electron chi connectivity index (χ0n) is 4.64. The SMILES string of the molecule is C=COCC=CCF. The monoisotopic (exact) mass is 116 g/mol. The molecule has 0 aromatic heterocycles. The Morgan fingerprint density at radius 1 is 1.50 bits per heavy atom. The second kappa shape index (κ2) is 6.21. The average molecular weight is 116 g/mol. The van der Waals surface area contributed by atoms with Crippen LogP contribution in [-0.4, -0.2) is 13.3 Å². The first-order valence-electron chi connectivity index (χ1n) is 2.35. The highest BCUT2D eigenvalue weighted by Gasteiger charge is 1.70. The maximum atomic E-state index is 11.3. The summed E-state index contributed by atoms with van der Waals surface area (Å²) in [5.41, 5.74) is 0. The number of ether oxygens (including phenoxy) is 1. The maximum Gasteiger partial charge on any atom is 0.108 e. The molecule has 0 atom stereocenters. The molecule has 0 amide bonds. The highest BCUT2D eigenvalue weighted by Crippen LogP contribution is 1.77. The van der Waals surface area contributed by atoms with Gasteiger partial charge in [-0.15, -0.1) is 0 Å². The highest BCUT2D eigenvalue weighted by molar-refractivity contribution is 4.80. The predicted molar refractivity (Wildman–Crippen MR) is 31.3 cm³/mol. The van der Waals surface area contributed by atoms with E-state index in [4.69, 9.17) is 0 Å². The van der Waals surface area contributed by atoms with Gasteiger partial charge in [0.05, 0.1) is 6.26 Å². The van der Waals surface area contributed by atoms with Crippen LogP contribution in [0.1, 0.15) is 0 Å². The van der Waals surface area contributed by atoms with Crippen molar-refractivity contribution in [2.75, 3.05) is 13.3 Å². The van der Waals surface area contributed by atoms with Crippen molar-refractivity contribution in [2.45, 2.75) is 0 Å². The standard InChI is InChI=1S/C6H9FO/c1-2-8-6-4-3-5-7/h2-4H,1,5-6H2. The molecule has 0 saturated heterocycles. The lowest BCUT2D eigenvalue weighted by Gasteiger charge is -1.88. The fourth-order valence-electron chi connectivity index (χ4n) is 0.255. The molecular formula is C6H9FO. The van der Waals surface area contributed by atoms with E-state index in [1.807, 2.05) is 0 Å². The average Bonchev–Trinajstić information content (AvgIpc) is 1.81. The van der Waals surface area contributed by atoms with E-state index in [1.165, 1.54) is 12.3 Å². The van der Waals surface area contributed by atoms with Gasteiger partial charge >= 0.3 is 0 Å². The second-order valence-corrected chi connectivity index (χ2v) is 1.13. The van der Waals surface area contributed by atoms with Crippen LogP contribution in [0.5, 0.6) is 0 Å². The third-order valence-electron chi connectivity index (χ3n) is 0.566. The topological polar surface area (TPSA) is 9.23 Å². The first-order chi connectivity index (χ1) is 3.91. The lowest BCUT2D eigenvalue weighted by atomic mass is 10.5. The fourth-order valence-corrected chi connectivity index (χ4v) is 0.255. The molecule has 0 aliphatic rings. The minimum atomic E-state index is -0.430. The molecule has 8 heavy (non-hydrogen) atoms. The molecule has 0 aliphatic heterocycles. The van der Waals surface area contributed by atoms with Gasteiger partial charge in [0, 0.05) is 0 Å². The van der Waals surface area contributed by atoms with E-state index in [0.717, 1.165) is 0 Å². The number of halogens is 1. The van der Waals surface area contributed by atoms with Crippen molar-refractivity contribution in [1.29, 1.82) is 0 Å².